The predicted molar refractivity (Wildman–Crippen MR) is 84.9 cm³/mol. The molecule has 1 aromatic rings. The van der Waals surface area contributed by atoms with Gasteiger partial charge in [-0.2, -0.15) is 0 Å². The van der Waals surface area contributed by atoms with Gasteiger partial charge in [-0.3, -0.25) is 0 Å². The van der Waals surface area contributed by atoms with Gasteiger partial charge in [-0.05, 0) is 43.9 Å². The largest absolute Gasteiger partial charge is 0.463 e. The van der Waals surface area contributed by atoms with Gasteiger partial charge < -0.3 is 4.74 Å². The number of benzene rings is 1. The first kappa shape index (κ1) is 16.8. The van der Waals surface area contributed by atoms with E-state index < -0.39 is 0 Å². The van der Waals surface area contributed by atoms with Crippen molar-refractivity contribution in [3.63, 3.8) is 0 Å². The Labute approximate surface area is 130 Å². The average Bonchev–Trinajstić information content (AvgIpc) is 2.44. The fraction of sp³-hybridized carbons (Fsp3) is 0.312. The van der Waals surface area contributed by atoms with Crippen LogP contribution in [-0.2, 0) is 9.53 Å². The minimum atomic E-state index is -0.364. The van der Waals surface area contributed by atoms with Crippen LogP contribution in [0.2, 0.25) is 5.02 Å². The van der Waals surface area contributed by atoms with E-state index in [-0.39, 0.29) is 5.97 Å². The maximum absolute atomic E-state index is 12.0. The van der Waals surface area contributed by atoms with Crippen LogP contribution in [0.5, 0.6) is 0 Å². The molecule has 0 saturated heterocycles. The highest BCUT2D eigenvalue weighted by Crippen LogP contribution is 2.28. The van der Waals surface area contributed by atoms with Gasteiger partial charge in [0.05, 0.1) is 17.2 Å². The highest BCUT2D eigenvalue weighted by Gasteiger charge is 2.16. The lowest BCUT2D eigenvalue weighted by Crippen LogP contribution is -2.09. The number of allylic oxidation sites excluding steroid dienone is 1. The van der Waals surface area contributed by atoms with Crippen molar-refractivity contribution in [2.75, 3.05) is 6.61 Å². The van der Waals surface area contributed by atoms with Gasteiger partial charge in [-0.15, -0.1) is 6.58 Å². The molecule has 0 bridgehead atoms. The molecule has 0 atom stereocenters. The van der Waals surface area contributed by atoms with Gasteiger partial charge in [0.1, 0.15) is 0 Å². The molecule has 2 nitrogen and oxygen atoms in total. The van der Waals surface area contributed by atoms with Gasteiger partial charge in [-0.25, -0.2) is 4.79 Å². The molecule has 4 heteroatoms. The normalized spacial score (nSPS) is 11.8. The van der Waals surface area contributed by atoms with Crippen molar-refractivity contribution in [2.24, 2.45) is 0 Å². The van der Waals surface area contributed by atoms with Crippen molar-refractivity contribution in [1.29, 1.82) is 0 Å². The Morgan fingerprint density at radius 3 is 2.55 bits per heavy atom. The first-order valence-corrected chi connectivity index (χ1v) is 7.28. The van der Waals surface area contributed by atoms with Gasteiger partial charge in [0.15, 0.2) is 0 Å². The second kappa shape index (κ2) is 8.83. The maximum Gasteiger partial charge on any atom is 0.335 e. The van der Waals surface area contributed by atoms with Crippen LogP contribution in [0.4, 0.5) is 0 Å². The molecule has 0 aromatic heterocycles. The molecule has 0 unspecified atom stereocenters. The lowest BCUT2D eigenvalue weighted by molar-refractivity contribution is -0.138. The highest BCUT2D eigenvalue weighted by atomic mass is 35.5. The van der Waals surface area contributed by atoms with Crippen molar-refractivity contribution in [3.05, 3.63) is 53.1 Å². The zero-order valence-corrected chi connectivity index (χ0v) is 13.0. The van der Waals surface area contributed by atoms with Crippen molar-refractivity contribution >= 4 is 34.2 Å². The summed E-state index contributed by atoms with van der Waals surface area (Å²) >= 11 is 12.2. The van der Waals surface area contributed by atoms with E-state index in [1.165, 1.54) is 0 Å². The summed E-state index contributed by atoms with van der Waals surface area (Å²) in [6, 6.07) is 7.06. The lowest BCUT2D eigenvalue weighted by atomic mass is 10.0. The number of hydrogen-bond donors (Lipinski definition) is 0. The first-order valence-electron chi connectivity index (χ1n) is 6.52. The van der Waals surface area contributed by atoms with Crippen LogP contribution in [0, 0.1) is 0 Å². The lowest BCUT2D eigenvalue weighted by Gasteiger charge is -2.10. The number of unbranched alkanes of at least 4 members (excludes halogenated alkanes) is 1. The third-order valence-electron chi connectivity index (χ3n) is 2.72. The molecule has 0 amide bonds. The molecular formula is C16H18Cl2O2. The molecule has 108 valence electrons. The number of ether oxygens (including phenoxy) is 1. The van der Waals surface area contributed by atoms with Crippen molar-refractivity contribution in [3.8, 4) is 0 Å². The Morgan fingerprint density at radius 1 is 1.35 bits per heavy atom. The van der Waals surface area contributed by atoms with Crippen LogP contribution in [-0.4, -0.2) is 12.6 Å². The zero-order valence-electron chi connectivity index (χ0n) is 11.5. The molecule has 0 radical (unpaired) electrons. The SMILES string of the molecule is C=CCCC/C(C(=O)OCC)=C(/Cl)c1ccc(Cl)cc1. The fourth-order valence-corrected chi connectivity index (χ4v) is 2.14. The van der Waals surface area contributed by atoms with Crippen LogP contribution in [0.25, 0.3) is 5.03 Å². The number of carbonyl (C=O) groups is 1. The summed E-state index contributed by atoms with van der Waals surface area (Å²) in [6.07, 6.45) is 4.01. The zero-order chi connectivity index (χ0) is 15.0. The number of halogens is 2. The van der Waals surface area contributed by atoms with E-state index in [9.17, 15) is 4.79 Å². The third-order valence-corrected chi connectivity index (χ3v) is 3.42. The highest BCUT2D eigenvalue weighted by molar-refractivity contribution is 6.51. The van der Waals surface area contributed by atoms with E-state index in [0.29, 0.717) is 28.7 Å². The van der Waals surface area contributed by atoms with E-state index in [1.807, 2.05) is 6.08 Å². The van der Waals surface area contributed by atoms with Crippen LogP contribution in [0.3, 0.4) is 0 Å². The first-order chi connectivity index (χ1) is 9.60. The van der Waals surface area contributed by atoms with Crippen molar-refractivity contribution in [2.45, 2.75) is 26.2 Å². The molecule has 0 N–H and O–H groups in total. The number of hydrogen-bond acceptors (Lipinski definition) is 2. The van der Waals surface area contributed by atoms with Gasteiger partial charge in [0.2, 0.25) is 0 Å². The Balaban J connectivity index is 3.03. The summed E-state index contributed by atoms with van der Waals surface area (Å²) in [4.78, 5) is 12.0. The van der Waals surface area contributed by atoms with E-state index in [4.69, 9.17) is 27.9 Å². The Morgan fingerprint density at radius 2 is 2.00 bits per heavy atom. The fourth-order valence-electron chi connectivity index (χ4n) is 1.71. The van der Waals surface area contributed by atoms with Gasteiger partial charge in [-0.1, -0.05) is 41.4 Å². The molecule has 0 aliphatic carbocycles. The summed E-state index contributed by atoms with van der Waals surface area (Å²) < 4.78 is 5.07. The number of carbonyl (C=O) groups excluding carboxylic acids is 1. The number of rotatable bonds is 7. The van der Waals surface area contributed by atoms with Crippen LogP contribution >= 0.6 is 23.2 Å². The molecular weight excluding hydrogens is 295 g/mol. The maximum atomic E-state index is 12.0. The summed E-state index contributed by atoms with van der Waals surface area (Å²) in [7, 11) is 0. The molecule has 0 saturated carbocycles. The van der Waals surface area contributed by atoms with E-state index >= 15 is 0 Å². The second-order valence-electron chi connectivity index (χ2n) is 4.20. The van der Waals surface area contributed by atoms with E-state index in [2.05, 4.69) is 6.58 Å². The van der Waals surface area contributed by atoms with Crippen molar-refractivity contribution in [1.82, 2.24) is 0 Å². The predicted octanol–water partition coefficient (Wildman–Crippen LogP) is 5.21. The van der Waals surface area contributed by atoms with Gasteiger partial charge in [0, 0.05) is 5.02 Å². The smallest absolute Gasteiger partial charge is 0.335 e. The van der Waals surface area contributed by atoms with Gasteiger partial charge in [0.25, 0.3) is 0 Å². The topological polar surface area (TPSA) is 26.3 Å². The van der Waals surface area contributed by atoms with Crippen molar-refractivity contribution < 1.29 is 9.53 Å². The van der Waals surface area contributed by atoms with E-state index in [0.717, 1.165) is 18.4 Å². The Hall–Kier alpha value is -1.25. The summed E-state index contributed by atoms with van der Waals surface area (Å²) in [5.41, 5.74) is 1.26. The quantitative estimate of drug-likeness (QED) is 0.299. The van der Waals surface area contributed by atoms with Crippen LogP contribution in [0.1, 0.15) is 31.7 Å². The minimum absolute atomic E-state index is 0.328. The molecule has 0 heterocycles. The average molecular weight is 313 g/mol. The molecule has 20 heavy (non-hydrogen) atoms. The molecule has 1 rings (SSSR count). The monoisotopic (exact) mass is 312 g/mol. The molecule has 0 aliphatic heterocycles. The summed E-state index contributed by atoms with van der Waals surface area (Å²) in [6.45, 7) is 5.77. The molecule has 1 aromatic carbocycles. The number of esters is 1. The third kappa shape index (κ3) is 5.03. The molecule has 0 fully saturated rings. The Bertz CT molecular complexity index is 490. The summed E-state index contributed by atoms with van der Waals surface area (Å²) in [5, 5.41) is 1.05. The van der Waals surface area contributed by atoms with Crippen LogP contribution < -0.4 is 0 Å². The van der Waals surface area contributed by atoms with E-state index in [1.54, 1.807) is 31.2 Å². The molecule has 0 spiro atoms. The summed E-state index contributed by atoms with van der Waals surface area (Å²) in [5.74, 6) is -0.364. The molecule has 0 aliphatic rings. The van der Waals surface area contributed by atoms with Gasteiger partial charge >= 0.3 is 5.97 Å². The minimum Gasteiger partial charge on any atom is -0.463 e. The second-order valence-corrected chi connectivity index (χ2v) is 5.02. The van der Waals surface area contributed by atoms with Crippen LogP contribution in [0.15, 0.2) is 42.5 Å². The Kier molecular flexibility index (Phi) is 7.42. The standard InChI is InChI=1S/C16H18Cl2O2/c1-3-5-6-7-14(16(19)20-4-2)15(18)12-8-10-13(17)11-9-12/h3,8-11H,1,4-7H2,2H3/b15-14-.